The maximum atomic E-state index is 0. The molecule has 0 saturated heterocycles. The van der Waals surface area contributed by atoms with Gasteiger partial charge in [-0.25, -0.2) is 0 Å². The molecule has 0 atom stereocenters. The SMILES string of the molecule is [Np].[Sn].[Sn].[Sn]. The Morgan fingerprint density at radius 1 is 0.500 bits per heavy atom. The Morgan fingerprint density at radius 2 is 0.500 bits per heavy atom. The van der Waals surface area contributed by atoms with Crippen LogP contribution < -0.4 is 0 Å². The van der Waals surface area contributed by atoms with Gasteiger partial charge in [0, 0.05) is 102 Å². The van der Waals surface area contributed by atoms with Crippen molar-refractivity contribution in [2.75, 3.05) is 0 Å². The summed E-state index contributed by atoms with van der Waals surface area (Å²) in [5, 5.41) is 0. The number of hydrogen-bond acceptors (Lipinski definition) is 0. The smallest absolute Gasteiger partial charge is 0 e. The number of hydrogen-bond donors (Lipinski definition) is 0. The van der Waals surface area contributed by atoms with E-state index in [4.69, 9.17) is 0 Å². The van der Waals surface area contributed by atoms with Crippen molar-refractivity contribution in [3.8, 4) is 0 Å². The summed E-state index contributed by atoms with van der Waals surface area (Å²) in [5.74, 6) is 0. The van der Waals surface area contributed by atoms with Gasteiger partial charge >= 0.3 is 0 Å². The second-order valence-corrected chi connectivity index (χ2v) is 0. The molecule has 0 aromatic rings. The zero-order valence-corrected chi connectivity index (χ0v) is 14.2. The zero-order valence-electron chi connectivity index (χ0n) is 1.95. The molecule has 0 spiro atoms. The molecule has 4 heteroatoms. The Morgan fingerprint density at radius 3 is 0.500 bits per heavy atom. The molecule has 0 aromatic carbocycles. The third-order valence-corrected chi connectivity index (χ3v) is 0. The molecule has 4 heavy (non-hydrogen) atoms. The Kier molecular flexibility index (Phi) is 106. The molecule has 0 aliphatic carbocycles. The summed E-state index contributed by atoms with van der Waals surface area (Å²) < 4.78 is 0. The van der Waals surface area contributed by atoms with Gasteiger partial charge in [-0.1, -0.05) is 0 Å². The summed E-state index contributed by atoms with van der Waals surface area (Å²) in [6, 6.07) is 0. The maximum absolute atomic E-state index is 0. The molecule has 0 rings (SSSR count). The molecule has 0 saturated carbocycles. The van der Waals surface area contributed by atoms with E-state index in [1.807, 2.05) is 0 Å². The van der Waals surface area contributed by atoms with E-state index >= 15 is 0 Å². The predicted molar refractivity (Wildman–Crippen MR) is 17.3 cm³/mol. The van der Waals surface area contributed by atoms with Crippen molar-refractivity contribution in [1.82, 2.24) is 0 Å². The van der Waals surface area contributed by atoms with Gasteiger partial charge in [0.25, 0.3) is 0 Å². The monoisotopic (exact) mass is 596 g/mol. The van der Waals surface area contributed by atoms with Crippen molar-refractivity contribution in [2.24, 2.45) is 0 Å². The topological polar surface area (TPSA) is 0 Å². The molecule has 0 amide bonds. The van der Waals surface area contributed by atoms with Crippen LogP contribution in [0.4, 0.5) is 0 Å². The number of rotatable bonds is 0. The van der Waals surface area contributed by atoms with Crippen LogP contribution in [-0.4, -0.2) is 71.7 Å². The van der Waals surface area contributed by atoms with Gasteiger partial charge in [-0.15, -0.1) is 0 Å². The van der Waals surface area contributed by atoms with E-state index in [9.17, 15) is 0 Å². The standard InChI is InChI=1S/Np.3Sn. The summed E-state index contributed by atoms with van der Waals surface area (Å²) in [6.07, 6.45) is 0. The van der Waals surface area contributed by atoms with Crippen LogP contribution >= 0.6 is 0 Å². The summed E-state index contributed by atoms with van der Waals surface area (Å²) in [5.41, 5.74) is 0. The van der Waals surface area contributed by atoms with Crippen LogP contribution in [0.15, 0.2) is 0 Å². The van der Waals surface area contributed by atoms with E-state index in [0.29, 0.717) is 0 Å². The van der Waals surface area contributed by atoms with Gasteiger partial charge in [0.15, 0.2) is 0 Å². The van der Waals surface area contributed by atoms with E-state index < -0.39 is 0 Å². The second-order valence-electron chi connectivity index (χ2n) is 0. The predicted octanol–water partition coefficient (Wildman–Crippen LogP) is -1.14. The van der Waals surface area contributed by atoms with Crippen LogP contribution in [0.5, 0.6) is 0 Å². The van der Waals surface area contributed by atoms with E-state index in [-0.39, 0.29) is 102 Å². The van der Waals surface area contributed by atoms with E-state index in [0.717, 1.165) is 0 Å². The molecular weight excluding hydrogens is 593 g/mol. The molecule has 0 aromatic heterocycles. The summed E-state index contributed by atoms with van der Waals surface area (Å²) in [4.78, 5) is 0. The summed E-state index contributed by atoms with van der Waals surface area (Å²) in [6.45, 7) is 0. The first kappa shape index (κ1) is 26.2. The van der Waals surface area contributed by atoms with Gasteiger partial charge in [-0.05, 0) is 0 Å². The first-order chi connectivity index (χ1) is 0. The molecule has 0 bridgehead atoms. The largest absolute Gasteiger partial charge is 0 e. The minimum absolute atomic E-state index is 0. The minimum Gasteiger partial charge on any atom is 0 e. The van der Waals surface area contributed by atoms with E-state index in [1.165, 1.54) is 0 Å². The Balaban J connectivity index is 0. The van der Waals surface area contributed by atoms with Gasteiger partial charge in [0.1, 0.15) is 0 Å². The molecule has 0 heterocycles. The van der Waals surface area contributed by atoms with Gasteiger partial charge in [0.05, 0.1) is 0 Å². The summed E-state index contributed by atoms with van der Waals surface area (Å²) in [7, 11) is 0. The van der Waals surface area contributed by atoms with Gasteiger partial charge in [-0.2, -0.15) is 0 Å². The Bertz CT molecular complexity index is 3.25. The van der Waals surface area contributed by atoms with Crippen molar-refractivity contribution < 1.29 is 29.9 Å². The van der Waals surface area contributed by atoms with Crippen molar-refractivity contribution in [1.29, 1.82) is 0 Å². The van der Waals surface area contributed by atoms with E-state index in [1.54, 1.807) is 0 Å². The third-order valence-electron chi connectivity index (χ3n) is 0. The molecule has 13 radical (unpaired) electrons. The normalized spacial score (nSPS) is 0. The molecule has 0 unspecified atom stereocenters. The van der Waals surface area contributed by atoms with Crippen LogP contribution in [0, 0.1) is 29.9 Å². The fraction of sp³-hybridized carbons (Fsp3) is 0. The molecular formula is NpSn3. The van der Waals surface area contributed by atoms with Gasteiger partial charge in [0.2, 0.25) is 0 Å². The fourth-order valence-corrected chi connectivity index (χ4v) is 0. The molecule has 0 aliphatic heterocycles. The van der Waals surface area contributed by atoms with Gasteiger partial charge in [-0.3, -0.25) is 0 Å². The van der Waals surface area contributed by atoms with Crippen LogP contribution in [0.25, 0.3) is 0 Å². The van der Waals surface area contributed by atoms with Crippen LogP contribution in [0.1, 0.15) is 0 Å². The average molecular weight is 593 g/mol. The third kappa shape index (κ3) is 9.05. The first-order valence-corrected chi connectivity index (χ1v) is 0. The van der Waals surface area contributed by atoms with Crippen LogP contribution in [0.3, 0.4) is 0 Å². The van der Waals surface area contributed by atoms with Crippen molar-refractivity contribution in [3.63, 3.8) is 0 Å². The molecule has 0 aliphatic rings. The Labute approximate surface area is 99.4 Å². The quantitative estimate of drug-likeness (QED) is 0.312. The molecule has 0 N–H and O–H groups in total. The fourth-order valence-electron chi connectivity index (χ4n) is 0. The summed E-state index contributed by atoms with van der Waals surface area (Å²) >= 11 is 0. The Hall–Kier alpha value is 3.41. The zero-order chi connectivity index (χ0) is 0. The van der Waals surface area contributed by atoms with Crippen LogP contribution in [0.2, 0.25) is 0 Å². The van der Waals surface area contributed by atoms with Crippen molar-refractivity contribution in [3.05, 3.63) is 0 Å². The maximum Gasteiger partial charge on any atom is 0 e. The van der Waals surface area contributed by atoms with Crippen LogP contribution in [-0.2, 0) is 0 Å². The average Bonchev–Trinajstić information content (AvgIpc) is 0. The minimum atomic E-state index is 0. The first-order valence-electron chi connectivity index (χ1n) is 0. The second kappa shape index (κ2) is 16.1. The molecule has 0 fully saturated rings. The molecule has 0 nitrogen and oxygen atoms in total. The van der Waals surface area contributed by atoms with E-state index in [2.05, 4.69) is 0 Å². The van der Waals surface area contributed by atoms with Gasteiger partial charge < -0.3 is 0 Å². The molecule has 17 valence electrons. The van der Waals surface area contributed by atoms with Crippen molar-refractivity contribution in [2.45, 2.75) is 0 Å². The van der Waals surface area contributed by atoms with Crippen molar-refractivity contribution >= 4 is 71.7 Å².